The number of methoxy groups -OCH3 is 1. The van der Waals surface area contributed by atoms with Crippen LogP contribution in [0.15, 0.2) is 0 Å². The normalized spacial score (nSPS) is 27.2. The van der Waals surface area contributed by atoms with Gasteiger partial charge in [0, 0.05) is 32.8 Å². The lowest BCUT2D eigenvalue weighted by atomic mass is 9.95. The fraction of sp³-hybridized carbons (Fsp3) is 1.00. The maximum atomic E-state index is 5.96. The lowest BCUT2D eigenvalue weighted by Gasteiger charge is -2.46. The summed E-state index contributed by atoms with van der Waals surface area (Å²) in [5.74, 6) is 0. The number of morpholine rings is 1. The molecule has 108 valence electrons. The zero-order valence-electron chi connectivity index (χ0n) is 12.8. The van der Waals surface area contributed by atoms with Crippen LogP contribution in [0.2, 0.25) is 0 Å². The molecule has 0 aromatic carbocycles. The van der Waals surface area contributed by atoms with Crippen molar-refractivity contribution < 1.29 is 9.47 Å². The summed E-state index contributed by atoms with van der Waals surface area (Å²) in [6, 6.07) is 0.352. The summed E-state index contributed by atoms with van der Waals surface area (Å²) < 4.78 is 11.5. The molecule has 0 radical (unpaired) electrons. The van der Waals surface area contributed by atoms with E-state index in [1.165, 1.54) is 0 Å². The van der Waals surface area contributed by atoms with Crippen LogP contribution in [0.25, 0.3) is 0 Å². The van der Waals surface area contributed by atoms with Gasteiger partial charge in [-0.25, -0.2) is 0 Å². The Hall–Kier alpha value is -0.160. The number of rotatable bonds is 5. The quantitative estimate of drug-likeness (QED) is 0.814. The molecular formula is C14H30N2O2. The van der Waals surface area contributed by atoms with Gasteiger partial charge in [-0.1, -0.05) is 0 Å². The summed E-state index contributed by atoms with van der Waals surface area (Å²) in [7, 11) is 1.76. The molecule has 0 aromatic rings. The smallest absolute Gasteiger partial charge is 0.0757 e. The third kappa shape index (κ3) is 4.50. The minimum absolute atomic E-state index is 0.0949. The van der Waals surface area contributed by atoms with Crippen molar-refractivity contribution in [1.29, 1.82) is 0 Å². The Labute approximate surface area is 112 Å². The van der Waals surface area contributed by atoms with Gasteiger partial charge in [-0.15, -0.1) is 0 Å². The van der Waals surface area contributed by atoms with Gasteiger partial charge in [0.2, 0.25) is 0 Å². The standard InChI is InChI=1S/C14H30N2O2/c1-11-9-16(10-14(4,5)18-11)12(8-15)7-13(2,3)17-6/h11-12H,7-10,15H2,1-6H3. The summed E-state index contributed by atoms with van der Waals surface area (Å²) in [4.78, 5) is 2.45. The van der Waals surface area contributed by atoms with Crippen molar-refractivity contribution in [3.63, 3.8) is 0 Å². The Balaban J connectivity index is 2.70. The Morgan fingerprint density at radius 3 is 2.56 bits per heavy atom. The van der Waals surface area contributed by atoms with E-state index >= 15 is 0 Å². The molecule has 0 amide bonds. The summed E-state index contributed by atoms with van der Waals surface area (Å²) in [6.07, 6.45) is 1.21. The molecule has 1 fully saturated rings. The first-order chi connectivity index (χ1) is 8.19. The van der Waals surface area contributed by atoms with Gasteiger partial charge in [-0.3, -0.25) is 4.90 Å². The van der Waals surface area contributed by atoms with E-state index in [1.54, 1.807) is 7.11 Å². The molecule has 1 aliphatic rings. The van der Waals surface area contributed by atoms with Gasteiger partial charge < -0.3 is 15.2 Å². The summed E-state index contributed by atoms with van der Waals surface area (Å²) >= 11 is 0. The van der Waals surface area contributed by atoms with Crippen molar-refractivity contribution in [3.05, 3.63) is 0 Å². The van der Waals surface area contributed by atoms with Gasteiger partial charge in [0.15, 0.2) is 0 Å². The summed E-state index contributed by atoms with van der Waals surface area (Å²) in [5.41, 5.74) is 5.74. The van der Waals surface area contributed by atoms with E-state index in [0.29, 0.717) is 12.6 Å². The molecule has 0 aliphatic carbocycles. The minimum atomic E-state index is -0.129. The Bertz CT molecular complexity index is 267. The molecule has 4 heteroatoms. The van der Waals surface area contributed by atoms with Crippen LogP contribution >= 0.6 is 0 Å². The van der Waals surface area contributed by atoms with E-state index in [1.807, 2.05) is 0 Å². The van der Waals surface area contributed by atoms with E-state index < -0.39 is 0 Å². The second-order valence-electron chi connectivity index (χ2n) is 6.68. The lowest BCUT2D eigenvalue weighted by Crippen LogP contribution is -2.57. The van der Waals surface area contributed by atoms with Gasteiger partial charge >= 0.3 is 0 Å². The SMILES string of the molecule is COC(C)(C)CC(CN)N1CC(C)OC(C)(C)C1. The Morgan fingerprint density at radius 2 is 2.11 bits per heavy atom. The lowest BCUT2D eigenvalue weighted by molar-refractivity contribution is -0.142. The largest absolute Gasteiger partial charge is 0.379 e. The maximum absolute atomic E-state index is 5.96. The topological polar surface area (TPSA) is 47.7 Å². The van der Waals surface area contributed by atoms with Crippen molar-refractivity contribution in [2.45, 2.75) is 64.4 Å². The van der Waals surface area contributed by atoms with Crippen molar-refractivity contribution in [3.8, 4) is 0 Å². The van der Waals surface area contributed by atoms with E-state index in [9.17, 15) is 0 Å². The predicted molar refractivity (Wildman–Crippen MR) is 74.7 cm³/mol. The first-order valence-electron chi connectivity index (χ1n) is 6.86. The zero-order valence-corrected chi connectivity index (χ0v) is 12.8. The maximum Gasteiger partial charge on any atom is 0.0757 e. The fourth-order valence-corrected chi connectivity index (χ4v) is 2.79. The van der Waals surface area contributed by atoms with Gasteiger partial charge in [0.25, 0.3) is 0 Å². The van der Waals surface area contributed by atoms with Gasteiger partial charge in [-0.05, 0) is 41.0 Å². The van der Waals surface area contributed by atoms with Crippen LogP contribution in [0.3, 0.4) is 0 Å². The van der Waals surface area contributed by atoms with Crippen LogP contribution in [-0.4, -0.2) is 55.0 Å². The van der Waals surface area contributed by atoms with Crippen LogP contribution in [0, 0.1) is 0 Å². The highest BCUT2D eigenvalue weighted by Crippen LogP contribution is 2.26. The number of hydrogen-bond donors (Lipinski definition) is 1. The number of nitrogens with zero attached hydrogens (tertiary/aromatic N) is 1. The average Bonchev–Trinajstić information content (AvgIpc) is 2.23. The zero-order chi connectivity index (χ0) is 14.0. The monoisotopic (exact) mass is 258 g/mol. The molecule has 4 nitrogen and oxygen atoms in total. The number of hydrogen-bond acceptors (Lipinski definition) is 4. The second kappa shape index (κ2) is 5.87. The molecule has 0 saturated carbocycles. The third-order valence-electron chi connectivity index (χ3n) is 3.66. The van der Waals surface area contributed by atoms with E-state index in [4.69, 9.17) is 15.2 Å². The van der Waals surface area contributed by atoms with Crippen LogP contribution in [0.5, 0.6) is 0 Å². The molecule has 2 N–H and O–H groups in total. The Morgan fingerprint density at radius 1 is 1.50 bits per heavy atom. The fourth-order valence-electron chi connectivity index (χ4n) is 2.79. The molecule has 18 heavy (non-hydrogen) atoms. The molecular weight excluding hydrogens is 228 g/mol. The van der Waals surface area contributed by atoms with E-state index in [2.05, 4.69) is 39.5 Å². The van der Waals surface area contributed by atoms with Crippen molar-refractivity contribution in [1.82, 2.24) is 4.90 Å². The number of nitrogens with two attached hydrogens (primary N) is 1. The first kappa shape index (κ1) is 15.9. The van der Waals surface area contributed by atoms with Crippen LogP contribution in [0.1, 0.15) is 41.0 Å². The van der Waals surface area contributed by atoms with E-state index in [0.717, 1.165) is 19.5 Å². The van der Waals surface area contributed by atoms with Crippen molar-refractivity contribution in [2.24, 2.45) is 5.73 Å². The first-order valence-corrected chi connectivity index (χ1v) is 6.86. The van der Waals surface area contributed by atoms with Gasteiger partial charge in [-0.2, -0.15) is 0 Å². The molecule has 2 atom stereocenters. The molecule has 0 bridgehead atoms. The summed E-state index contributed by atoms with van der Waals surface area (Å²) in [5, 5.41) is 0. The predicted octanol–water partition coefficient (Wildman–Crippen LogP) is 1.63. The summed E-state index contributed by atoms with van der Waals surface area (Å²) in [6.45, 7) is 13.2. The number of ether oxygens (including phenoxy) is 2. The van der Waals surface area contributed by atoms with Gasteiger partial charge in [0.1, 0.15) is 0 Å². The van der Waals surface area contributed by atoms with Gasteiger partial charge in [0.05, 0.1) is 17.3 Å². The van der Waals surface area contributed by atoms with E-state index in [-0.39, 0.29) is 17.3 Å². The van der Waals surface area contributed by atoms with Crippen LogP contribution in [-0.2, 0) is 9.47 Å². The average molecular weight is 258 g/mol. The van der Waals surface area contributed by atoms with Crippen LogP contribution < -0.4 is 5.73 Å². The Kier molecular flexibility index (Phi) is 5.18. The minimum Gasteiger partial charge on any atom is -0.379 e. The molecule has 0 spiro atoms. The third-order valence-corrected chi connectivity index (χ3v) is 3.66. The van der Waals surface area contributed by atoms with Crippen molar-refractivity contribution in [2.75, 3.05) is 26.7 Å². The molecule has 2 unspecified atom stereocenters. The molecule has 1 heterocycles. The second-order valence-corrected chi connectivity index (χ2v) is 6.68. The van der Waals surface area contributed by atoms with Crippen molar-refractivity contribution >= 4 is 0 Å². The molecule has 0 aromatic heterocycles. The molecule has 1 rings (SSSR count). The molecule has 1 saturated heterocycles. The molecule has 1 aliphatic heterocycles. The highest BCUT2D eigenvalue weighted by molar-refractivity contribution is 4.89. The highest BCUT2D eigenvalue weighted by atomic mass is 16.5. The van der Waals surface area contributed by atoms with Crippen LogP contribution in [0.4, 0.5) is 0 Å². The highest BCUT2D eigenvalue weighted by Gasteiger charge is 2.36.